The first-order chi connectivity index (χ1) is 9.79. The van der Waals surface area contributed by atoms with Gasteiger partial charge in [0.05, 0.1) is 9.93 Å². The van der Waals surface area contributed by atoms with Crippen molar-refractivity contribution in [3.05, 3.63) is 32.6 Å². The number of thiocarbonyl (C=S) groups is 1. The minimum Gasteiger partial charge on any atom is -0.506 e. The first-order valence-corrected chi connectivity index (χ1v) is 7.43. The third-order valence-electron chi connectivity index (χ3n) is 2.51. The number of hydrogen-bond acceptors (Lipinski definition) is 5. The number of halogens is 2. The number of carbonyl (C=O) groups is 2. The molecule has 1 aromatic carbocycles. The maximum absolute atomic E-state index is 12.1. The third-order valence-corrected chi connectivity index (χ3v) is 4.40. The van der Waals surface area contributed by atoms with Crippen LogP contribution in [0.3, 0.4) is 0 Å². The third kappa shape index (κ3) is 3.49. The maximum atomic E-state index is 12.1. The molecule has 0 spiro atoms. The predicted octanol–water partition coefficient (Wildman–Crippen LogP) is 2.98. The molecule has 5 nitrogen and oxygen atoms in total. The highest BCUT2D eigenvalue weighted by Crippen LogP contribution is 2.37. The van der Waals surface area contributed by atoms with Crippen LogP contribution in [0.2, 0.25) is 10.0 Å². The highest BCUT2D eigenvalue weighted by molar-refractivity contribution is 8.26. The molecule has 1 saturated heterocycles. The molecule has 1 aromatic rings. The van der Waals surface area contributed by atoms with Gasteiger partial charge in [-0.2, -0.15) is 0 Å². The molecule has 0 radical (unpaired) electrons. The zero-order valence-electron chi connectivity index (χ0n) is 10.2. The quantitative estimate of drug-likeness (QED) is 0.634. The van der Waals surface area contributed by atoms with E-state index in [-0.39, 0.29) is 25.6 Å². The van der Waals surface area contributed by atoms with Gasteiger partial charge in [-0.25, -0.2) is 0 Å². The lowest BCUT2D eigenvalue weighted by Crippen LogP contribution is -2.33. The molecule has 1 aliphatic rings. The van der Waals surface area contributed by atoms with Crippen molar-refractivity contribution in [2.75, 3.05) is 6.54 Å². The number of carboxylic acid groups (broad SMARTS) is 1. The van der Waals surface area contributed by atoms with Crippen molar-refractivity contribution < 1.29 is 19.8 Å². The molecular weight excluding hydrogens is 357 g/mol. The van der Waals surface area contributed by atoms with Crippen LogP contribution in [0, 0.1) is 0 Å². The monoisotopic (exact) mass is 363 g/mol. The molecule has 1 fully saturated rings. The number of amides is 1. The van der Waals surface area contributed by atoms with Crippen molar-refractivity contribution in [1.82, 2.24) is 4.90 Å². The number of hydrogen-bond donors (Lipinski definition) is 2. The highest BCUT2D eigenvalue weighted by Gasteiger charge is 2.33. The lowest BCUT2D eigenvalue weighted by Gasteiger charge is -2.10. The van der Waals surface area contributed by atoms with E-state index in [4.69, 9.17) is 40.5 Å². The van der Waals surface area contributed by atoms with Gasteiger partial charge in [0.25, 0.3) is 5.91 Å². The lowest BCUT2D eigenvalue weighted by atomic mass is 10.2. The summed E-state index contributed by atoms with van der Waals surface area (Å²) in [7, 11) is 0. The second-order valence-electron chi connectivity index (χ2n) is 3.99. The Morgan fingerprint density at radius 2 is 2.10 bits per heavy atom. The van der Waals surface area contributed by atoms with Gasteiger partial charge in [-0.3, -0.25) is 14.5 Å². The van der Waals surface area contributed by atoms with Crippen molar-refractivity contribution in [1.29, 1.82) is 0 Å². The van der Waals surface area contributed by atoms with Crippen LogP contribution in [-0.4, -0.2) is 37.9 Å². The largest absolute Gasteiger partial charge is 0.506 e. The molecule has 2 rings (SSSR count). The SMILES string of the molecule is O=C(O)CN1C(=O)/C(=C\c2cc(Cl)cc(Cl)c2O)SC1=S. The first-order valence-electron chi connectivity index (χ1n) is 5.44. The average molecular weight is 364 g/mol. The molecule has 0 bridgehead atoms. The number of aromatic hydroxyl groups is 1. The molecule has 21 heavy (non-hydrogen) atoms. The van der Waals surface area contributed by atoms with Crippen molar-refractivity contribution in [3.8, 4) is 5.75 Å². The fraction of sp³-hybridized carbons (Fsp3) is 0.0833. The van der Waals surface area contributed by atoms with E-state index in [1.165, 1.54) is 18.2 Å². The van der Waals surface area contributed by atoms with E-state index in [1.54, 1.807) is 0 Å². The van der Waals surface area contributed by atoms with E-state index in [9.17, 15) is 14.7 Å². The smallest absolute Gasteiger partial charge is 0.323 e. The van der Waals surface area contributed by atoms with Crippen LogP contribution < -0.4 is 0 Å². The zero-order chi connectivity index (χ0) is 15.7. The standard InChI is InChI=1S/C12H7Cl2NO4S2/c13-6-1-5(10(18)7(14)3-6)2-8-11(19)15(4-9(16)17)12(20)21-8/h1-3,18H,4H2,(H,16,17)/b8-2+. The second kappa shape index (κ2) is 6.23. The number of carboxylic acids is 1. The molecule has 0 saturated carbocycles. The van der Waals surface area contributed by atoms with Gasteiger partial charge in [-0.1, -0.05) is 47.2 Å². The molecule has 0 unspecified atom stereocenters. The minimum absolute atomic E-state index is 0.0507. The van der Waals surface area contributed by atoms with E-state index in [2.05, 4.69) is 0 Å². The van der Waals surface area contributed by atoms with Crippen LogP contribution >= 0.6 is 47.2 Å². The molecule has 9 heteroatoms. The molecule has 110 valence electrons. The summed E-state index contributed by atoms with van der Waals surface area (Å²) in [5, 5.41) is 18.9. The van der Waals surface area contributed by atoms with Gasteiger partial charge in [0, 0.05) is 10.6 Å². The normalized spacial score (nSPS) is 16.9. The maximum Gasteiger partial charge on any atom is 0.323 e. The molecule has 0 atom stereocenters. The highest BCUT2D eigenvalue weighted by atomic mass is 35.5. The van der Waals surface area contributed by atoms with Gasteiger partial charge in [0.2, 0.25) is 0 Å². The fourth-order valence-electron chi connectivity index (χ4n) is 1.61. The Labute approximate surface area is 139 Å². The number of carbonyl (C=O) groups excluding carboxylic acids is 1. The Morgan fingerprint density at radius 1 is 1.43 bits per heavy atom. The fourth-order valence-corrected chi connectivity index (χ4v) is 3.36. The molecule has 1 heterocycles. The summed E-state index contributed by atoms with van der Waals surface area (Å²) in [5.74, 6) is -1.92. The van der Waals surface area contributed by atoms with Gasteiger partial charge in [-0.05, 0) is 18.2 Å². The number of phenolic OH excluding ortho intramolecular Hbond substituents is 1. The van der Waals surface area contributed by atoms with Crippen LogP contribution in [0.5, 0.6) is 5.75 Å². The number of aliphatic carboxylic acids is 1. The topological polar surface area (TPSA) is 77.8 Å². The summed E-state index contributed by atoms with van der Waals surface area (Å²) in [5.41, 5.74) is 0.253. The average Bonchev–Trinajstić information content (AvgIpc) is 2.63. The predicted molar refractivity (Wildman–Crippen MR) is 85.6 cm³/mol. The summed E-state index contributed by atoms with van der Waals surface area (Å²) in [4.78, 5) is 23.9. The number of rotatable bonds is 3. The summed E-state index contributed by atoms with van der Waals surface area (Å²) in [6.07, 6.45) is 1.37. The van der Waals surface area contributed by atoms with Gasteiger partial charge in [-0.15, -0.1) is 0 Å². The van der Waals surface area contributed by atoms with Gasteiger partial charge >= 0.3 is 5.97 Å². The molecule has 2 N–H and O–H groups in total. The summed E-state index contributed by atoms with van der Waals surface area (Å²) >= 11 is 17.5. The van der Waals surface area contributed by atoms with Gasteiger partial charge in [0.1, 0.15) is 16.6 Å². The summed E-state index contributed by atoms with van der Waals surface area (Å²) in [6.45, 7) is -0.510. The van der Waals surface area contributed by atoms with E-state index in [0.29, 0.717) is 5.02 Å². The van der Waals surface area contributed by atoms with Crippen molar-refractivity contribution in [2.24, 2.45) is 0 Å². The number of benzene rings is 1. The van der Waals surface area contributed by atoms with E-state index < -0.39 is 18.4 Å². The van der Waals surface area contributed by atoms with Crippen molar-refractivity contribution >= 4 is 69.5 Å². The Kier molecular flexibility index (Phi) is 4.77. The van der Waals surface area contributed by atoms with Crippen molar-refractivity contribution in [3.63, 3.8) is 0 Å². The molecular formula is C12H7Cl2NO4S2. The Balaban J connectivity index is 2.37. The lowest BCUT2D eigenvalue weighted by molar-refractivity contribution is -0.140. The molecule has 0 aromatic heterocycles. The summed E-state index contributed by atoms with van der Waals surface area (Å²) < 4.78 is 0.140. The van der Waals surface area contributed by atoms with Crippen LogP contribution in [0.15, 0.2) is 17.0 Å². The van der Waals surface area contributed by atoms with Crippen LogP contribution in [0.25, 0.3) is 6.08 Å². The molecule has 1 aliphatic heterocycles. The van der Waals surface area contributed by atoms with E-state index in [1.807, 2.05) is 0 Å². The Morgan fingerprint density at radius 3 is 2.71 bits per heavy atom. The van der Waals surface area contributed by atoms with Crippen LogP contribution in [0.1, 0.15) is 5.56 Å². The Bertz CT molecular complexity index is 690. The first kappa shape index (κ1) is 16.1. The zero-order valence-corrected chi connectivity index (χ0v) is 13.3. The van der Waals surface area contributed by atoms with E-state index >= 15 is 0 Å². The minimum atomic E-state index is -1.17. The van der Waals surface area contributed by atoms with Crippen molar-refractivity contribution in [2.45, 2.75) is 0 Å². The number of nitrogens with zero attached hydrogens (tertiary/aromatic N) is 1. The molecule has 0 aliphatic carbocycles. The van der Waals surface area contributed by atoms with E-state index in [0.717, 1.165) is 16.7 Å². The van der Waals surface area contributed by atoms with Gasteiger partial charge in [0.15, 0.2) is 0 Å². The van der Waals surface area contributed by atoms with Crippen LogP contribution in [-0.2, 0) is 9.59 Å². The summed E-state index contributed by atoms with van der Waals surface area (Å²) in [6, 6.07) is 2.80. The van der Waals surface area contributed by atoms with Gasteiger partial charge < -0.3 is 10.2 Å². The van der Waals surface area contributed by atoms with Crippen LogP contribution in [0.4, 0.5) is 0 Å². The number of phenols is 1. The number of thioether (sulfide) groups is 1. The Hall–Kier alpha value is -1.28. The molecule has 1 amide bonds. The second-order valence-corrected chi connectivity index (χ2v) is 6.51.